The number of amides is 1. The SMILES string of the molecule is Cn1nccc1CCNC(=O)c1cn(C2CNC2)nn1. The van der Waals surface area contributed by atoms with E-state index in [-0.39, 0.29) is 5.91 Å². The van der Waals surface area contributed by atoms with Gasteiger partial charge < -0.3 is 10.6 Å². The second-order valence-corrected chi connectivity index (χ2v) is 4.85. The number of carbonyl (C=O) groups excluding carboxylic acids is 1. The molecule has 0 unspecified atom stereocenters. The minimum atomic E-state index is -0.189. The van der Waals surface area contributed by atoms with E-state index in [0.717, 1.165) is 25.2 Å². The summed E-state index contributed by atoms with van der Waals surface area (Å²) in [7, 11) is 1.88. The topological polar surface area (TPSA) is 89.7 Å². The molecule has 2 aromatic rings. The van der Waals surface area contributed by atoms with Crippen LogP contribution in [-0.4, -0.2) is 50.3 Å². The molecular weight excluding hydrogens is 258 g/mol. The number of hydrogen-bond acceptors (Lipinski definition) is 5. The van der Waals surface area contributed by atoms with E-state index in [1.54, 1.807) is 21.8 Å². The van der Waals surface area contributed by atoms with Crippen molar-refractivity contribution in [2.75, 3.05) is 19.6 Å². The Morgan fingerprint density at radius 3 is 3.05 bits per heavy atom. The van der Waals surface area contributed by atoms with E-state index in [4.69, 9.17) is 0 Å². The molecule has 0 aliphatic carbocycles. The average Bonchev–Trinajstić information content (AvgIpc) is 2.97. The molecule has 3 rings (SSSR count). The Bertz CT molecular complexity index is 598. The molecule has 0 atom stereocenters. The van der Waals surface area contributed by atoms with E-state index in [0.29, 0.717) is 18.3 Å². The summed E-state index contributed by atoms with van der Waals surface area (Å²) in [6.45, 7) is 2.31. The first kappa shape index (κ1) is 12.8. The Hall–Kier alpha value is -2.22. The zero-order valence-corrected chi connectivity index (χ0v) is 11.3. The van der Waals surface area contributed by atoms with Crippen LogP contribution in [0.5, 0.6) is 0 Å². The molecule has 2 aromatic heterocycles. The molecule has 2 N–H and O–H groups in total. The number of nitrogens with one attached hydrogen (secondary N) is 2. The lowest BCUT2D eigenvalue weighted by molar-refractivity contribution is 0.0949. The molecule has 20 heavy (non-hydrogen) atoms. The van der Waals surface area contributed by atoms with Crippen molar-refractivity contribution < 1.29 is 4.79 Å². The van der Waals surface area contributed by atoms with Crippen molar-refractivity contribution in [1.29, 1.82) is 0 Å². The van der Waals surface area contributed by atoms with Crippen molar-refractivity contribution in [3.05, 3.63) is 29.8 Å². The number of aromatic nitrogens is 5. The zero-order chi connectivity index (χ0) is 13.9. The van der Waals surface area contributed by atoms with Crippen molar-refractivity contribution >= 4 is 5.91 Å². The Labute approximate surface area is 116 Å². The molecule has 1 aliphatic heterocycles. The molecule has 0 bridgehead atoms. The third-order valence-electron chi connectivity index (χ3n) is 3.47. The first-order valence-electron chi connectivity index (χ1n) is 6.61. The predicted molar refractivity (Wildman–Crippen MR) is 71.2 cm³/mol. The molecule has 0 radical (unpaired) electrons. The van der Waals surface area contributed by atoms with Crippen LogP contribution < -0.4 is 10.6 Å². The smallest absolute Gasteiger partial charge is 0.273 e. The molecule has 3 heterocycles. The molecule has 0 aromatic carbocycles. The lowest BCUT2D eigenvalue weighted by Crippen LogP contribution is -2.43. The molecule has 0 spiro atoms. The van der Waals surface area contributed by atoms with E-state index >= 15 is 0 Å². The maximum absolute atomic E-state index is 11.9. The van der Waals surface area contributed by atoms with Crippen molar-refractivity contribution in [2.24, 2.45) is 7.05 Å². The summed E-state index contributed by atoms with van der Waals surface area (Å²) in [6, 6.07) is 2.25. The van der Waals surface area contributed by atoms with Crippen LogP contribution >= 0.6 is 0 Å². The Balaban J connectivity index is 1.51. The van der Waals surface area contributed by atoms with Crippen LogP contribution in [0, 0.1) is 0 Å². The maximum atomic E-state index is 11.9. The van der Waals surface area contributed by atoms with Crippen LogP contribution in [0.25, 0.3) is 0 Å². The van der Waals surface area contributed by atoms with Gasteiger partial charge in [0, 0.05) is 45.0 Å². The van der Waals surface area contributed by atoms with Crippen molar-refractivity contribution in [1.82, 2.24) is 35.4 Å². The standard InChI is InChI=1S/C12H17N7O/c1-18-9(3-5-15-18)2-4-14-12(20)11-8-19(17-16-11)10-6-13-7-10/h3,5,8,10,13H,2,4,6-7H2,1H3,(H,14,20). The summed E-state index contributed by atoms with van der Waals surface area (Å²) in [5.74, 6) is -0.189. The van der Waals surface area contributed by atoms with Gasteiger partial charge in [-0.05, 0) is 6.07 Å². The highest BCUT2D eigenvalue weighted by Gasteiger charge is 2.21. The number of aryl methyl sites for hydroxylation is 1. The van der Waals surface area contributed by atoms with Gasteiger partial charge in [0.05, 0.1) is 12.2 Å². The molecule has 8 heteroatoms. The van der Waals surface area contributed by atoms with Gasteiger partial charge >= 0.3 is 0 Å². The van der Waals surface area contributed by atoms with Gasteiger partial charge in [-0.3, -0.25) is 9.48 Å². The van der Waals surface area contributed by atoms with Gasteiger partial charge in [-0.15, -0.1) is 5.10 Å². The van der Waals surface area contributed by atoms with Crippen molar-refractivity contribution in [3.63, 3.8) is 0 Å². The molecule has 1 amide bonds. The molecule has 8 nitrogen and oxygen atoms in total. The number of nitrogens with zero attached hydrogens (tertiary/aromatic N) is 5. The molecule has 1 fully saturated rings. The lowest BCUT2D eigenvalue weighted by atomic mass is 10.2. The van der Waals surface area contributed by atoms with Crippen LogP contribution in [0.2, 0.25) is 0 Å². The third kappa shape index (κ3) is 2.55. The minimum absolute atomic E-state index is 0.189. The third-order valence-corrected chi connectivity index (χ3v) is 3.47. The van der Waals surface area contributed by atoms with Gasteiger partial charge in [0.2, 0.25) is 0 Å². The van der Waals surface area contributed by atoms with Gasteiger partial charge in [0.25, 0.3) is 5.91 Å². The maximum Gasteiger partial charge on any atom is 0.273 e. The molecule has 0 saturated carbocycles. The van der Waals surface area contributed by atoms with Gasteiger partial charge in [-0.1, -0.05) is 5.21 Å². The van der Waals surface area contributed by atoms with Crippen LogP contribution in [0.3, 0.4) is 0 Å². The molecule has 1 saturated heterocycles. The van der Waals surface area contributed by atoms with E-state index in [1.165, 1.54) is 0 Å². The number of carbonyl (C=O) groups is 1. The predicted octanol–water partition coefficient (Wildman–Crippen LogP) is -0.872. The first-order chi connectivity index (χ1) is 9.74. The monoisotopic (exact) mass is 275 g/mol. The van der Waals surface area contributed by atoms with Gasteiger partial charge in [0.15, 0.2) is 5.69 Å². The number of hydrogen-bond donors (Lipinski definition) is 2. The quantitative estimate of drug-likeness (QED) is 0.740. The average molecular weight is 275 g/mol. The Morgan fingerprint density at radius 2 is 2.40 bits per heavy atom. The summed E-state index contributed by atoms with van der Waals surface area (Å²) in [4.78, 5) is 11.9. The summed E-state index contributed by atoms with van der Waals surface area (Å²) in [5, 5.41) is 18.0. The van der Waals surface area contributed by atoms with Crippen LogP contribution in [-0.2, 0) is 13.5 Å². The summed E-state index contributed by atoms with van der Waals surface area (Å²) >= 11 is 0. The highest BCUT2D eigenvalue weighted by molar-refractivity contribution is 5.91. The highest BCUT2D eigenvalue weighted by Crippen LogP contribution is 2.09. The van der Waals surface area contributed by atoms with E-state index in [1.807, 2.05) is 13.1 Å². The first-order valence-corrected chi connectivity index (χ1v) is 6.61. The van der Waals surface area contributed by atoms with Gasteiger partial charge in [-0.2, -0.15) is 5.10 Å². The van der Waals surface area contributed by atoms with E-state index in [2.05, 4.69) is 26.0 Å². The second kappa shape index (κ2) is 5.41. The van der Waals surface area contributed by atoms with Gasteiger partial charge in [0.1, 0.15) is 0 Å². The van der Waals surface area contributed by atoms with E-state index < -0.39 is 0 Å². The van der Waals surface area contributed by atoms with Crippen LogP contribution in [0.15, 0.2) is 18.5 Å². The molecular formula is C12H17N7O. The Morgan fingerprint density at radius 1 is 1.55 bits per heavy atom. The van der Waals surface area contributed by atoms with Crippen molar-refractivity contribution in [3.8, 4) is 0 Å². The number of rotatable bonds is 5. The summed E-state index contributed by atoms with van der Waals surface area (Å²) < 4.78 is 3.54. The zero-order valence-electron chi connectivity index (χ0n) is 11.3. The van der Waals surface area contributed by atoms with Crippen molar-refractivity contribution in [2.45, 2.75) is 12.5 Å². The highest BCUT2D eigenvalue weighted by atomic mass is 16.2. The summed E-state index contributed by atoms with van der Waals surface area (Å²) in [6.07, 6.45) is 4.18. The van der Waals surface area contributed by atoms with Crippen LogP contribution in [0.1, 0.15) is 22.2 Å². The fourth-order valence-electron chi connectivity index (χ4n) is 2.06. The summed E-state index contributed by atoms with van der Waals surface area (Å²) in [5.41, 5.74) is 1.44. The fourth-order valence-corrected chi connectivity index (χ4v) is 2.06. The second-order valence-electron chi connectivity index (χ2n) is 4.85. The normalized spacial score (nSPS) is 15.1. The minimum Gasteiger partial charge on any atom is -0.350 e. The fraction of sp³-hybridized carbons (Fsp3) is 0.500. The van der Waals surface area contributed by atoms with Gasteiger partial charge in [-0.25, -0.2) is 4.68 Å². The molecule has 106 valence electrons. The van der Waals surface area contributed by atoms with Crippen LogP contribution in [0.4, 0.5) is 0 Å². The largest absolute Gasteiger partial charge is 0.350 e. The molecule has 1 aliphatic rings. The van der Waals surface area contributed by atoms with E-state index in [9.17, 15) is 4.79 Å². The lowest BCUT2D eigenvalue weighted by Gasteiger charge is -2.26. The Kier molecular flexibility index (Phi) is 3.46.